The third-order valence-electron chi connectivity index (χ3n) is 2.23. The number of nitrogens with one attached hydrogen (secondary N) is 1. The van der Waals surface area contributed by atoms with Crippen LogP contribution in [-0.4, -0.2) is 24.0 Å². The second kappa shape index (κ2) is 5.39. The number of hydrogen-bond donors (Lipinski definition) is 1. The van der Waals surface area contributed by atoms with E-state index in [0.29, 0.717) is 0 Å². The smallest absolute Gasteiger partial charge is 0.321 e. The fourth-order valence-electron chi connectivity index (χ4n) is 1.45. The molecule has 0 aromatic rings. The van der Waals surface area contributed by atoms with Gasteiger partial charge in [0.25, 0.3) is 0 Å². The minimum atomic E-state index is -0.0132. The Balaban J connectivity index is 2.74. The standard InChI is InChI=1S/C12H18N2O/c1-4-11(7-6-10(2)3)14-9-5-8-13-12(14)15/h4,6-7H,2,5,8-9H2,1,3H3,(H,13,15)/b7-6-,11-4+. The molecule has 3 nitrogen and oxygen atoms in total. The van der Waals surface area contributed by atoms with E-state index in [1.54, 1.807) is 4.90 Å². The summed E-state index contributed by atoms with van der Waals surface area (Å²) in [5.41, 5.74) is 1.90. The van der Waals surface area contributed by atoms with Crippen molar-refractivity contribution in [2.24, 2.45) is 0 Å². The van der Waals surface area contributed by atoms with Crippen LogP contribution in [-0.2, 0) is 0 Å². The lowest BCUT2D eigenvalue weighted by atomic mass is 10.2. The van der Waals surface area contributed by atoms with Crippen LogP contribution in [0.1, 0.15) is 20.3 Å². The molecule has 0 radical (unpaired) electrons. The van der Waals surface area contributed by atoms with Crippen molar-refractivity contribution in [3.8, 4) is 0 Å². The second-order valence-corrected chi connectivity index (χ2v) is 3.63. The van der Waals surface area contributed by atoms with Gasteiger partial charge in [-0.1, -0.05) is 24.3 Å². The summed E-state index contributed by atoms with van der Waals surface area (Å²) in [6.45, 7) is 9.21. The highest BCUT2D eigenvalue weighted by molar-refractivity contribution is 5.77. The van der Waals surface area contributed by atoms with E-state index >= 15 is 0 Å². The number of carbonyl (C=O) groups excluding carboxylic acids is 1. The monoisotopic (exact) mass is 206 g/mol. The molecule has 0 aromatic heterocycles. The fraction of sp³-hybridized carbons (Fsp3) is 0.417. The summed E-state index contributed by atoms with van der Waals surface area (Å²) in [6.07, 6.45) is 6.76. The Morgan fingerprint density at radius 3 is 2.80 bits per heavy atom. The van der Waals surface area contributed by atoms with Gasteiger partial charge in [-0.05, 0) is 26.3 Å². The number of carbonyl (C=O) groups is 1. The van der Waals surface area contributed by atoms with Gasteiger partial charge in [0.1, 0.15) is 0 Å². The molecule has 0 saturated carbocycles. The van der Waals surface area contributed by atoms with Gasteiger partial charge in [0.05, 0.1) is 0 Å². The van der Waals surface area contributed by atoms with Crippen LogP contribution >= 0.6 is 0 Å². The molecule has 0 atom stereocenters. The van der Waals surface area contributed by atoms with Gasteiger partial charge in [0.2, 0.25) is 0 Å². The van der Waals surface area contributed by atoms with Gasteiger partial charge in [0.15, 0.2) is 0 Å². The molecular formula is C12H18N2O. The fourth-order valence-corrected chi connectivity index (χ4v) is 1.45. The number of urea groups is 1. The first-order chi connectivity index (χ1) is 7.15. The van der Waals surface area contributed by atoms with Crippen molar-refractivity contribution >= 4 is 6.03 Å². The van der Waals surface area contributed by atoms with E-state index < -0.39 is 0 Å². The molecule has 1 aliphatic heterocycles. The van der Waals surface area contributed by atoms with E-state index in [4.69, 9.17) is 0 Å². The molecule has 0 bridgehead atoms. The predicted octanol–water partition coefficient (Wildman–Crippen LogP) is 2.44. The summed E-state index contributed by atoms with van der Waals surface area (Å²) < 4.78 is 0. The minimum Gasteiger partial charge on any atom is -0.338 e. The molecule has 1 N–H and O–H groups in total. The maximum atomic E-state index is 11.6. The van der Waals surface area contributed by atoms with Crippen molar-refractivity contribution in [2.75, 3.05) is 13.1 Å². The van der Waals surface area contributed by atoms with Gasteiger partial charge in [-0.25, -0.2) is 4.79 Å². The number of hydrogen-bond acceptors (Lipinski definition) is 1. The van der Waals surface area contributed by atoms with E-state index in [0.717, 1.165) is 30.8 Å². The zero-order valence-electron chi connectivity index (χ0n) is 9.42. The number of rotatable bonds is 3. The van der Waals surface area contributed by atoms with E-state index in [1.807, 2.05) is 32.1 Å². The Morgan fingerprint density at radius 1 is 1.53 bits per heavy atom. The van der Waals surface area contributed by atoms with Crippen LogP contribution in [0.25, 0.3) is 0 Å². The van der Waals surface area contributed by atoms with Crippen LogP contribution in [0, 0.1) is 0 Å². The number of allylic oxidation sites excluding steroid dienone is 4. The van der Waals surface area contributed by atoms with E-state index in [2.05, 4.69) is 11.9 Å². The lowest BCUT2D eigenvalue weighted by Gasteiger charge is -2.28. The molecule has 2 amide bonds. The Kier molecular flexibility index (Phi) is 4.16. The zero-order valence-corrected chi connectivity index (χ0v) is 9.42. The number of nitrogens with zero attached hydrogens (tertiary/aromatic N) is 1. The molecule has 1 aliphatic rings. The highest BCUT2D eigenvalue weighted by Gasteiger charge is 2.18. The average Bonchev–Trinajstić information content (AvgIpc) is 2.21. The molecule has 1 saturated heterocycles. The third kappa shape index (κ3) is 3.27. The van der Waals surface area contributed by atoms with Crippen molar-refractivity contribution in [1.29, 1.82) is 0 Å². The van der Waals surface area contributed by atoms with Gasteiger partial charge in [-0.15, -0.1) is 0 Å². The SMILES string of the molecule is C=C(C)/C=C\C(=C/C)N1CCCNC1=O. The Hall–Kier alpha value is -1.51. The van der Waals surface area contributed by atoms with E-state index in [9.17, 15) is 4.79 Å². The highest BCUT2D eigenvalue weighted by Crippen LogP contribution is 2.11. The van der Waals surface area contributed by atoms with Crippen LogP contribution in [0.2, 0.25) is 0 Å². The lowest BCUT2D eigenvalue weighted by molar-refractivity contribution is 0.202. The van der Waals surface area contributed by atoms with Crippen LogP contribution in [0.4, 0.5) is 4.79 Å². The van der Waals surface area contributed by atoms with Gasteiger partial charge in [-0.2, -0.15) is 0 Å². The predicted molar refractivity (Wildman–Crippen MR) is 62.4 cm³/mol. The summed E-state index contributed by atoms with van der Waals surface area (Å²) >= 11 is 0. The van der Waals surface area contributed by atoms with Crippen LogP contribution in [0.3, 0.4) is 0 Å². The van der Waals surface area contributed by atoms with Crippen molar-refractivity contribution < 1.29 is 4.79 Å². The van der Waals surface area contributed by atoms with Gasteiger partial charge >= 0.3 is 6.03 Å². The molecule has 0 aliphatic carbocycles. The normalized spacial score (nSPS) is 18.1. The van der Waals surface area contributed by atoms with Crippen LogP contribution in [0.5, 0.6) is 0 Å². The highest BCUT2D eigenvalue weighted by atomic mass is 16.2. The molecule has 15 heavy (non-hydrogen) atoms. The van der Waals surface area contributed by atoms with Crippen LogP contribution < -0.4 is 5.32 Å². The van der Waals surface area contributed by atoms with Gasteiger partial charge in [-0.3, -0.25) is 4.90 Å². The van der Waals surface area contributed by atoms with Crippen molar-refractivity contribution in [3.05, 3.63) is 36.1 Å². The molecule has 3 heteroatoms. The Bertz CT molecular complexity index is 316. The minimum absolute atomic E-state index is 0.0132. The molecule has 0 aromatic carbocycles. The second-order valence-electron chi connectivity index (χ2n) is 3.63. The molecule has 1 heterocycles. The number of amides is 2. The maximum absolute atomic E-state index is 11.6. The third-order valence-corrected chi connectivity index (χ3v) is 2.23. The maximum Gasteiger partial charge on any atom is 0.321 e. The van der Waals surface area contributed by atoms with Gasteiger partial charge in [0, 0.05) is 18.8 Å². The van der Waals surface area contributed by atoms with Crippen molar-refractivity contribution in [1.82, 2.24) is 10.2 Å². The van der Waals surface area contributed by atoms with Crippen molar-refractivity contribution in [2.45, 2.75) is 20.3 Å². The largest absolute Gasteiger partial charge is 0.338 e. The Morgan fingerprint density at radius 2 is 2.27 bits per heavy atom. The molecule has 1 fully saturated rings. The first kappa shape index (κ1) is 11.6. The summed E-state index contributed by atoms with van der Waals surface area (Å²) in [4.78, 5) is 13.3. The zero-order chi connectivity index (χ0) is 11.3. The topological polar surface area (TPSA) is 32.3 Å². The summed E-state index contributed by atoms with van der Waals surface area (Å²) in [5, 5.41) is 2.82. The Labute approximate surface area is 91.2 Å². The molecular weight excluding hydrogens is 188 g/mol. The first-order valence-corrected chi connectivity index (χ1v) is 5.20. The summed E-state index contributed by atoms with van der Waals surface area (Å²) in [7, 11) is 0. The molecule has 82 valence electrons. The first-order valence-electron chi connectivity index (χ1n) is 5.20. The van der Waals surface area contributed by atoms with E-state index in [1.165, 1.54) is 0 Å². The lowest BCUT2D eigenvalue weighted by Crippen LogP contribution is -2.45. The average molecular weight is 206 g/mol. The van der Waals surface area contributed by atoms with Gasteiger partial charge < -0.3 is 5.32 Å². The quantitative estimate of drug-likeness (QED) is 0.707. The van der Waals surface area contributed by atoms with E-state index in [-0.39, 0.29) is 6.03 Å². The molecule has 0 unspecified atom stereocenters. The summed E-state index contributed by atoms with van der Waals surface area (Å²) in [5.74, 6) is 0. The molecule has 1 rings (SSSR count). The van der Waals surface area contributed by atoms with Crippen LogP contribution in [0.15, 0.2) is 36.1 Å². The van der Waals surface area contributed by atoms with Crippen molar-refractivity contribution in [3.63, 3.8) is 0 Å². The molecule has 0 spiro atoms. The summed E-state index contributed by atoms with van der Waals surface area (Å²) in [6, 6.07) is -0.0132.